The molecule has 2 aromatic rings. The van der Waals surface area contributed by atoms with E-state index in [9.17, 15) is 9.59 Å². The van der Waals surface area contributed by atoms with Crippen LogP contribution in [0.25, 0.3) is 0 Å². The molecule has 0 aliphatic heterocycles. The maximum atomic E-state index is 12.1. The number of benzene rings is 2. The van der Waals surface area contributed by atoms with E-state index < -0.39 is 5.91 Å². The number of amides is 2. The van der Waals surface area contributed by atoms with E-state index in [1.165, 1.54) is 6.07 Å². The molecule has 0 fully saturated rings. The monoisotopic (exact) mass is 295 g/mol. The average Bonchev–Trinajstić information content (AvgIpc) is 2.54. The molecule has 2 aromatic carbocycles. The van der Waals surface area contributed by atoms with Crippen LogP contribution >= 0.6 is 0 Å². The summed E-state index contributed by atoms with van der Waals surface area (Å²) in [6.07, 6.45) is 0. The molecule has 6 nitrogen and oxygen atoms in total. The maximum Gasteiger partial charge on any atom is 0.255 e. The first-order valence-corrected chi connectivity index (χ1v) is 6.41. The number of hydrogen-bond donors (Lipinski definition) is 2. The van der Waals surface area contributed by atoms with Gasteiger partial charge in [-0.1, -0.05) is 6.07 Å². The lowest BCUT2D eigenvalue weighted by Gasteiger charge is -2.07. The van der Waals surface area contributed by atoms with Crippen LogP contribution in [0.2, 0.25) is 0 Å². The quantitative estimate of drug-likeness (QED) is 0.875. The normalized spacial score (nSPS) is 9.59. The molecule has 6 heteroatoms. The van der Waals surface area contributed by atoms with E-state index in [-0.39, 0.29) is 12.5 Å². The number of nitriles is 1. The van der Waals surface area contributed by atoms with Crippen LogP contribution in [0, 0.1) is 11.3 Å². The first-order chi connectivity index (χ1) is 10.6. The number of nitrogens with two attached hydrogens (primary N) is 1. The highest BCUT2D eigenvalue weighted by Crippen LogP contribution is 2.16. The van der Waals surface area contributed by atoms with Gasteiger partial charge in [-0.25, -0.2) is 0 Å². The fourth-order valence-corrected chi connectivity index (χ4v) is 1.72. The molecule has 0 aromatic heterocycles. The predicted molar refractivity (Wildman–Crippen MR) is 80.2 cm³/mol. The van der Waals surface area contributed by atoms with Gasteiger partial charge in [-0.15, -0.1) is 0 Å². The molecule has 0 heterocycles. The average molecular weight is 295 g/mol. The Labute approximate surface area is 127 Å². The molecular weight excluding hydrogens is 282 g/mol. The molecule has 0 aliphatic rings. The highest BCUT2D eigenvalue weighted by molar-refractivity contribution is 6.04. The van der Waals surface area contributed by atoms with Crippen LogP contribution in [0.4, 0.5) is 5.69 Å². The lowest BCUT2D eigenvalue weighted by atomic mass is 10.1. The summed E-state index contributed by atoms with van der Waals surface area (Å²) in [4.78, 5) is 22.7. The van der Waals surface area contributed by atoms with Gasteiger partial charge in [-0.2, -0.15) is 5.26 Å². The van der Waals surface area contributed by atoms with Gasteiger partial charge in [0.05, 0.1) is 11.6 Å². The minimum absolute atomic E-state index is 0.202. The third-order valence-corrected chi connectivity index (χ3v) is 2.75. The number of primary amides is 1. The van der Waals surface area contributed by atoms with Gasteiger partial charge in [-0.3, -0.25) is 9.59 Å². The van der Waals surface area contributed by atoms with E-state index in [1.807, 2.05) is 6.07 Å². The van der Waals surface area contributed by atoms with Crippen LogP contribution in [-0.2, 0) is 4.79 Å². The molecule has 22 heavy (non-hydrogen) atoms. The third-order valence-electron chi connectivity index (χ3n) is 2.75. The van der Waals surface area contributed by atoms with Gasteiger partial charge >= 0.3 is 0 Å². The van der Waals surface area contributed by atoms with Gasteiger partial charge in [0.15, 0.2) is 6.61 Å². The van der Waals surface area contributed by atoms with Crippen molar-refractivity contribution in [2.75, 3.05) is 11.9 Å². The Bertz CT molecular complexity index is 733. The van der Waals surface area contributed by atoms with Crippen LogP contribution in [0.5, 0.6) is 5.75 Å². The van der Waals surface area contributed by atoms with E-state index in [0.717, 1.165) is 0 Å². The second kappa shape index (κ2) is 6.90. The van der Waals surface area contributed by atoms with E-state index in [2.05, 4.69) is 5.32 Å². The van der Waals surface area contributed by atoms with Crippen molar-refractivity contribution < 1.29 is 14.3 Å². The van der Waals surface area contributed by atoms with E-state index in [0.29, 0.717) is 22.6 Å². The van der Waals surface area contributed by atoms with Crippen LogP contribution in [-0.4, -0.2) is 18.4 Å². The summed E-state index contributed by atoms with van der Waals surface area (Å²) >= 11 is 0. The fourth-order valence-electron chi connectivity index (χ4n) is 1.72. The van der Waals surface area contributed by atoms with Crippen molar-refractivity contribution in [3.8, 4) is 11.8 Å². The van der Waals surface area contributed by atoms with Crippen LogP contribution in [0.3, 0.4) is 0 Å². The molecule has 0 saturated carbocycles. The first-order valence-electron chi connectivity index (χ1n) is 6.41. The Morgan fingerprint density at radius 3 is 2.55 bits per heavy atom. The minimum atomic E-state index is -0.560. The van der Waals surface area contributed by atoms with Gasteiger partial charge in [0.25, 0.3) is 11.8 Å². The first kappa shape index (κ1) is 15.1. The molecular formula is C16H13N3O3. The zero-order chi connectivity index (χ0) is 15.9. The standard InChI is InChI=1S/C16H13N3O3/c17-9-11-2-1-3-12(8-11)16(21)19-13-4-6-14(7-5-13)22-10-15(18)20/h1-8H,10H2,(H2,18,20)(H,19,21). The molecule has 2 amide bonds. The molecule has 0 aliphatic carbocycles. The van der Waals surface area contributed by atoms with Gasteiger partial charge < -0.3 is 15.8 Å². The highest BCUT2D eigenvalue weighted by Gasteiger charge is 2.07. The zero-order valence-corrected chi connectivity index (χ0v) is 11.6. The SMILES string of the molecule is N#Cc1cccc(C(=O)Nc2ccc(OCC(N)=O)cc2)c1. The Morgan fingerprint density at radius 2 is 1.91 bits per heavy atom. The van der Waals surface area contributed by atoms with Crippen LogP contribution in [0.1, 0.15) is 15.9 Å². The summed E-state index contributed by atoms with van der Waals surface area (Å²) < 4.78 is 5.12. The molecule has 0 radical (unpaired) electrons. The van der Waals surface area contributed by atoms with Gasteiger partial charge in [0, 0.05) is 11.3 Å². The molecule has 110 valence electrons. The van der Waals surface area contributed by atoms with Gasteiger partial charge in [0.1, 0.15) is 5.75 Å². The predicted octanol–water partition coefficient (Wildman–Crippen LogP) is 1.67. The maximum absolute atomic E-state index is 12.1. The topological polar surface area (TPSA) is 105 Å². The number of hydrogen-bond acceptors (Lipinski definition) is 4. The number of carbonyl (C=O) groups excluding carboxylic acids is 2. The Balaban J connectivity index is 2.02. The summed E-state index contributed by atoms with van der Waals surface area (Å²) in [7, 11) is 0. The Hall–Kier alpha value is -3.33. The van der Waals surface area contributed by atoms with E-state index in [4.69, 9.17) is 15.7 Å². The van der Waals surface area contributed by atoms with Crippen molar-refractivity contribution in [3.05, 3.63) is 59.7 Å². The summed E-state index contributed by atoms with van der Waals surface area (Å²) in [5, 5.41) is 11.5. The summed E-state index contributed by atoms with van der Waals surface area (Å²) in [6, 6.07) is 14.9. The Morgan fingerprint density at radius 1 is 1.18 bits per heavy atom. The minimum Gasteiger partial charge on any atom is -0.484 e. The third kappa shape index (κ3) is 4.08. The fraction of sp³-hybridized carbons (Fsp3) is 0.0625. The molecule has 2 rings (SSSR count). The number of rotatable bonds is 5. The van der Waals surface area contributed by atoms with Crippen molar-refractivity contribution >= 4 is 17.5 Å². The molecule has 0 saturated heterocycles. The summed E-state index contributed by atoms with van der Waals surface area (Å²) in [5.74, 6) is -0.402. The number of nitrogens with one attached hydrogen (secondary N) is 1. The van der Waals surface area contributed by atoms with Crippen molar-refractivity contribution in [3.63, 3.8) is 0 Å². The number of ether oxygens (including phenoxy) is 1. The molecule has 0 spiro atoms. The summed E-state index contributed by atoms with van der Waals surface area (Å²) in [6.45, 7) is -0.202. The summed E-state index contributed by atoms with van der Waals surface area (Å²) in [5.41, 5.74) is 6.36. The molecule has 0 bridgehead atoms. The lowest BCUT2D eigenvalue weighted by molar-refractivity contribution is -0.119. The van der Waals surface area contributed by atoms with Gasteiger partial charge in [0.2, 0.25) is 0 Å². The van der Waals surface area contributed by atoms with E-state index in [1.54, 1.807) is 42.5 Å². The number of nitrogens with zero attached hydrogens (tertiary/aromatic N) is 1. The van der Waals surface area contributed by atoms with Crippen molar-refractivity contribution in [1.82, 2.24) is 0 Å². The van der Waals surface area contributed by atoms with Crippen molar-refractivity contribution in [2.45, 2.75) is 0 Å². The van der Waals surface area contributed by atoms with E-state index >= 15 is 0 Å². The molecule has 3 N–H and O–H groups in total. The second-order valence-electron chi connectivity index (χ2n) is 4.43. The smallest absolute Gasteiger partial charge is 0.255 e. The largest absolute Gasteiger partial charge is 0.484 e. The highest BCUT2D eigenvalue weighted by atomic mass is 16.5. The molecule has 0 atom stereocenters. The van der Waals surface area contributed by atoms with Crippen molar-refractivity contribution in [1.29, 1.82) is 5.26 Å². The number of anilines is 1. The van der Waals surface area contributed by atoms with Crippen molar-refractivity contribution in [2.24, 2.45) is 5.73 Å². The number of carbonyl (C=O) groups is 2. The lowest BCUT2D eigenvalue weighted by Crippen LogP contribution is -2.20. The van der Waals surface area contributed by atoms with Crippen LogP contribution < -0.4 is 15.8 Å². The Kier molecular flexibility index (Phi) is 4.73. The molecule has 0 unspecified atom stereocenters. The van der Waals surface area contributed by atoms with Gasteiger partial charge in [-0.05, 0) is 42.5 Å². The second-order valence-corrected chi connectivity index (χ2v) is 4.43. The zero-order valence-electron chi connectivity index (χ0n) is 11.6. The van der Waals surface area contributed by atoms with Crippen LogP contribution in [0.15, 0.2) is 48.5 Å².